The van der Waals surface area contributed by atoms with Crippen LogP contribution in [0.1, 0.15) is 23.6 Å². The van der Waals surface area contributed by atoms with Gasteiger partial charge in [0, 0.05) is 12.5 Å². The molecule has 5 heteroatoms. The van der Waals surface area contributed by atoms with Crippen molar-refractivity contribution in [1.29, 1.82) is 0 Å². The largest absolute Gasteiger partial charge is 0.416 e. The van der Waals surface area contributed by atoms with Crippen LogP contribution in [0.2, 0.25) is 0 Å². The number of nitrogens with two attached hydrogens (primary N) is 1. The van der Waals surface area contributed by atoms with E-state index < -0.39 is 17.8 Å². The second-order valence-corrected chi connectivity index (χ2v) is 3.13. The first kappa shape index (κ1) is 11.7. The number of benzene rings is 1. The Labute approximate surface area is 84.9 Å². The number of halogens is 3. The fraction of sp³-hybridized carbons (Fsp3) is 0.300. The second kappa shape index (κ2) is 4.44. The Bertz CT molecular complexity index is 332. The molecule has 1 aromatic carbocycles. The molecule has 1 aromatic rings. The van der Waals surface area contributed by atoms with Crippen molar-refractivity contribution in [2.75, 3.05) is 0 Å². The minimum absolute atomic E-state index is 0.103. The first-order valence-electron chi connectivity index (χ1n) is 4.31. The van der Waals surface area contributed by atoms with Gasteiger partial charge in [-0.2, -0.15) is 13.2 Å². The summed E-state index contributed by atoms with van der Waals surface area (Å²) in [6, 6.07) is 3.96. The normalized spacial score (nSPS) is 13.6. The molecule has 0 amide bonds. The Balaban J connectivity index is 2.85. The van der Waals surface area contributed by atoms with Crippen molar-refractivity contribution in [2.45, 2.75) is 18.6 Å². The second-order valence-electron chi connectivity index (χ2n) is 3.13. The number of carbonyl (C=O) groups excluding carboxylic acids is 1. The molecule has 0 radical (unpaired) electrons. The number of rotatable bonds is 3. The molecule has 0 aliphatic rings. The maximum atomic E-state index is 12.2. The van der Waals surface area contributed by atoms with Crippen LogP contribution < -0.4 is 5.73 Å². The Kier molecular flexibility index (Phi) is 3.47. The van der Waals surface area contributed by atoms with Crippen LogP contribution in [0, 0.1) is 0 Å². The van der Waals surface area contributed by atoms with Crippen LogP contribution in [0.5, 0.6) is 0 Å². The zero-order chi connectivity index (χ0) is 11.5. The van der Waals surface area contributed by atoms with E-state index >= 15 is 0 Å². The number of aldehydes is 1. The standard InChI is InChI=1S/C10H10F3NO/c11-10(12,13)8-3-1-7(2-4-8)9(14)5-6-15/h1-4,6,9H,5,14H2. The fourth-order valence-electron chi connectivity index (χ4n) is 1.16. The smallest absolute Gasteiger partial charge is 0.324 e. The monoisotopic (exact) mass is 217 g/mol. The number of alkyl halides is 3. The van der Waals surface area contributed by atoms with Gasteiger partial charge in [-0.25, -0.2) is 0 Å². The molecule has 0 heterocycles. The van der Waals surface area contributed by atoms with E-state index in [9.17, 15) is 18.0 Å². The molecule has 2 nitrogen and oxygen atoms in total. The van der Waals surface area contributed by atoms with Crippen molar-refractivity contribution in [3.8, 4) is 0 Å². The summed E-state index contributed by atoms with van der Waals surface area (Å²) in [5, 5.41) is 0. The van der Waals surface area contributed by atoms with Gasteiger partial charge in [0.25, 0.3) is 0 Å². The van der Waals surface area contributed by atoms with Crippen LogP contribution in [-0.4, -0.2) is 6.29 Å². The lowest BCUT2D eigenvalue weighted by atomic mass is 10.0. The van der Waals surface area contributed by atoms with E-state index in [1.165, 1.54) is 12.1 Å². The van der Waals surface area contributed by atoms with Gasteiger partial charge in [-0.3, -0.25) is 0 Å². The third-order valence-corrected chi connectivity index (χ3v) is 2.02. The molecule has 0 aliphatic carbocycles. The van der Waals surface area contributed by atoms with E-state index in [1.54, 1.807) is 0 Å². The van der Waals surface area contributed by atoms with Crippen molar-refractivity contribution < 1.29 is 18.0 Å². The van der Waals surface area contributed by atoms with Crippen LogP contribution >= 0.6 is 0 Å². The predicted octanol–water partition coefficient (Wildman–Crippen LogP) is 2.29. The van der Waals surface area contributed by atoms with Gasteiger partial charge in [0.05, 0.1) is 5.56 Å². The SMILES string of the molecule is NC(CC=O)c1ccc(C(F)(F)F)cc1. The quantitative estimate of drug-likeness (QED) is 0.789. The van der Waals surface area contributed by atoms with Crippen LogP contribution in [0.4, 0.5) is 13.2 Å². The summed E-state index contributed by atoms with van der Waals surface area (Å²) < 4.78 is 36.5. The van der Waals surface area contributed by atoms with Crippen LogP contribution in [-0.2, 0) is 11.0 Å². The highest BCUT2D eigenvalue weighted by molar-refractivity contribution is 5.51. The van der Waals surface area contributed by atoms with E-state index in [1.807, 2.05) is 0 Å². The first-order valence-corrected chi connectivity index (χ1v) is 4.31. The molecule has 0 aliphatic heterocycles. The van der Waals surface area contributed by atoms with Crippen molar-refractivity contribution >= 4 is 6.29 Å². The molecule has 15 heavy (non-hydrogen) atoms. The van der Waals surface area contributed by atoms with Crippen molar-refractivity contribution in [3.05, 3.63) is 35.4 Å². The number of hydrogen-bond acceptors (Lipinski definition) is 2. The number of hydrogen-bond donors (Lipinski definition) is 1. The first-order chi connectivity index (χ1) is 6.95. The summed E-state index contributed by atoms with van der Waals surface area (Å²) in [6.45, 7) is 0. The Morgan fingerprint density at radius 3 is 2.20 bits per heavy atom. The molecule has 2 N–H and O–H groups in total. The Morgan fingerprint density at radius 2 is 1.80 bits per heavy atom. The molecule has 0 saturated heterocycles. The Hall–Kier alpha value is -1.36. The van der Waals surface area contributed by atoms with Crippen molar-refractivity contribution in [1.82, 2.24) is 0 Å². The number of carbonyl (C=O) groups is 1. The molecule has 82 valence electrons. The molecule has 1 unspecified atom stereocenters. The van der Waals surface area contributed by atoms with E-state index in [2.05, 4.69) is 0 Å². The lowest BCUT2D eigenvalue weighted by Crippen LogP contribution is -2.11. The maximum absolute atomic E-state index is 12.2. The van der Waals surface area contributed by atoms with E-state index in [-0.39, 0.29) is 6.42 Å². The van der Waals surface area contributed by atoms with Gasteiger partial charge in [0.15, 0.2) is 0 Å². The van der Waals surface area contributed by atoms with Crippen LogP contribution in [0.25, 0.3) is 0 Å². The average Bonchev–Trinajstić information content (AvgIpc) is 2.17. The molecular weight excluding hydrogens is 207 g/mol. The lowest BCUT2D eigenvalue weighted by molar-refractivity contribution is -0.137. The highest BCUT2D eigenvalue weighted by atomic mass is 19.4. The molecular formula is C10H10F3NO. The predicted molar refractivity (Wildman–Crippen MR) is 49.1 cm³/mol. The summed E-state index contributed by atoms with van der Waals surface area (Å²) in [4.78, 5) is 10.2. The van der Waals surface area contributed by atoms with E-state index in [4.69, 9.17) is 5.73 Å². The molecule has 0 aromatic heterocycles. The third-order valence-electron chi connectivity index (χ3n) is 2.02. The van der Waals surface area contributed by atoms with Gasteiger partial charge in [-0.15, -0.1) is 0 Å². The molecule has 0 saturated carbocycles. The zero-order valence-electron chi connectivity index (χ0n) is 7.79. The van der Waals surface area contributed by atoms with Gasteiger partial charge in [0.2, 0.25) is 0 Å². The maximum Gasteiger partial charge on any atom is 0.416 e. The van der Waals surface area contributed by atoms with Gasteiger partial charge < -0.3 is 10.5 Å². The fourth-order valence-corrected chi connectivity index (χ4v) is 1.16. The summed E-state index contributed by atoms with van der Waals surface area (Å²) in [6.07, 6.45) is -3.60. The molecule has 1 rings (SSSR count). The minimum atomic E-state index is -4.34. The molecule has 0 spiro atoms. The average molecular weight is 217 g/mol. The topological polar surface area (TPSA) is 43.1 Å². The third kappa shape index (κ3) is 3.06. The van der Waals surface area contributed by atoms with E-state index in [0.29, 0.717) is 11.8 Å². The van der Waals surface area contributed by atoms with Gasteiger partial charge in [-0.1, -0.05) is 12.1 Å². The summed E-state index contributed by atoms with van der Waals surface area (Å²) in [5.41, 5.74) is 5.36. The minimum Gasteiger partial charge on any atom is -0.324 e. The van der Waals surface area contributed by atoms with Gasteiger partial charge >= 0.3 is 6.18 Å². The van der Waals surface area contributed by atoms with Gasteiger partial charge in [-0.05, 0) is 17.7 Å². The highest BCUT2D eigenvalue weighted by Gasteiger charge is 2.30. The van der Waals surface area contributed by atoms with Crippen LogP contribution in [0.3, 0.4) is 0 Å². The molecule has 0 bridgehead atoms. The van der Waals surface area contributed by atoms with E-state index in [0.717, 1.165) is 12.1 Å². The van der Waals surface area contributed by atoms with Crippen molar-refractivity contribution in [2.24, 2.45) is 5.73 Å². The molecule has 1 atom stereocenters. The summed E-state index contributed by atoms with van der Waals surface area (Å²) in [7, 11) is 0. The van der Waals surface area contributed by atoms with Crippen molar-refractivity contribution in [3.63, 3.8) is 0 Å². The van der Waals surface area contributed by atoms with Gasteiger partial charge in [0.1, 0.15) is 6.29 Å². The summed E-state index contributed by atoms with van der Waals surface area (Å²) >= 11 is 0. The lowest BCUT2D eigenvalue weighted by Gasteiger charge is -2.10. The zero-order valence-corrected chi connectivity index (χ0v) is 7.79. The molecule has 0 fully saturated rings. The highest BCUT2D eigenvalue weighted by Crippen LogP contribution is 2.29. The summed E-state index contributed by atoms with van der Waals surface area (Å²) in [5.74, 6) is 0. The van der Waals surface area contributed by atoms with Crippen LogP contribution in [0.15, 0.2) is 24.3 Å². The Morgan fingerprint density at radius 1 is 1.27 bits per heavy atom.